The van der Waals surface area contributed by atoms with E-state index in [1.54, 1.807) is 0 Å². The quantitative estimate of drug-likeness (QED) is 0.267. The summed E-state index contributed by atoms with van der Waals surface area (Å²) in [5, 5.41) is 5.68. The third-order valence-corrected chi connectivity index (χ3v) is 6.62. The molecule has 1 aromatic heterocycles. The molecule has 1 aliphatic rings. The van der Waals surface area contributed by atoms with Gasteiger partial charge >= 0.3 is 0 Å². The third kappa shape index (κ3) is 3.91. The van der Waals surface area contributed by atoms with E-state index in [-0.39, 0.29) is 16.7 Å². The highest BCUT2D eigenvalue weighted by molar-refractivity contribution is 9.10. The van der Waals surface area contributed by atoms with Gasteiger partial charge in [-0.3, -0.25) is 4.79 Å². The van der Waals surface area contributed by atoms with Gasteiger partial charge in [-0.05, 0) is 48.8 Å². The lowest BCUT2D eigenvalue weighted by Gasteiger charge is -2.33. The SMILES string of the molecule is CC(C)(C)CC(C)(C)Nc1oc2c(c1-c1ccc(Br)cc1)C(=O)c1cccc3cccc-2c13. The number of anilines is 1. The average molecular weight is 502 g/mol. The predicted octanol–water partition coefficient (Wildman–Crippen LogP) is 8.70. The highest BCUT2D eigenvalue weighted by Gasteiger charge is 2.36. The molecule has 0 spiro atoms. The first-order chi connectivity index (χ1) is 15.5. The molecular weight excluding hydrogens is 474 g/mol. The summed E-state index contributed by atoms with van der Waals surface area (Å²) in [6.07, 6.45) is 0.939. The van der Waals surface area contributed by atoms with Crippen LogP contribution in [0.4, 0.5) is 5.88 Å². The lowest BCUT2D eigenvalue weighted by atomic mass is 9.81. The van der Waals surface area contributed by atoms with Crippen LogP contribution in [0.5, 0.6) is 0 Å². The van der Waals surface area contributed by atoms with Crippen LogP contribution in [0, 0.1) is 5.41 Å². The molecule has 0 bridgehead atoms. The largest absolute Gasteiger partial charge is 0.439 e. The van der Waals surface area contributed by atoms with E-state index in [4.69, 9.17) is 4.42 Å². The zero-order valence-electron chi connectivity index (χ0n) is 19.7. The number of hydrogen-bond donors (Lipinski definition) is 1. The lowest BCUT2D eigenvalue weighted by molar-refractivity contribution is 0.104. The summed E-state index contributed by atoms with van der Waals surface area (Å²) in [7, 11) is 0. The minimum Gasteiger partial charge on any atom is -0.439 e. The molecule has 0 aliphatic heterocycles. The van der Waals surface area contributed by atoms with Crippen LogP contribution >= 0.6 is 15.9 Å². The molecule has 3 nitrogen and oxygen atoms in total. The van der Waals surface area contributed by atoms with Crippen molar-refractivity contribution < 1.29 is 9.21 Å². The van der Waals surface area contributed by atoms with Gasteiger partial charge in [-0.25, -0.2) is 0 Å². The molecular formula is C29H28BrNO2. The van der Waals surface area contributed by atoms with Gasteiger partial charge in [-0.2, -0.15) is 0 Å². The Morgan fingerprint density at radius 3 is 2.12 bits per heavy atom. The van der Waals surface area contributed by atoms with Crippen molar-refractivity contribution in [3.63, 3.8) is 0 Å². The number of furan rings is 1. The number of halogens is 1. The van der Waals surface area contributed by atoms with Crippen LogP contribution in [0.15, 0.2) is 69.6 Å². The maximum Gasteiger partial charge on any atom is 0.202 e. The Morgan fingerprint density at radius 2 is 1.48 bits per heavy atom. The Labute approximate surface area is 203 Å². The fraction of sp³-hybridized carbons (Fsp3) is 0.276. The molecule has 33 heavy (non-hydrogen) atoms. The van der Waals surface area contributed by atoms with Crippen molar-refractivity contribution in [2.45, 2.75) is 46.6 Å². The summed E-state index contributed by atoms with van der Waals surface area (Å²) in [6, 6.07) is 20.1. The minimum absolute atomic E-state index is 0.0117. The van der Waals surface area contributed by atoms with Crippen molar-refractivity contribution in [3.8, 4) is 22.5 Å². The first-order valence-corrected chi connectivity index (χ1v) is 12.1. The molecule has 3 aromatic carbocycles. The van der Waals surface area contributed by atoms with E-state index >= 15 is 0 Å². The monoisotopic (exact) mass is 501 g/mol. The van der Waals surface area contributed by atoms with Crippen LogP contribution in [0.1, 0.15) is 57.0 Å². The second-order valence-corrected chi connectivity index (χ2v) is 11.7. The number of hydrogen-bond acceptors (Lipinski definition) is 3. The zero-order chi connectivity index (χ0) is 23.5. The van der Waals surface area contributed by atoms with Gasteiger partial charge in [-0.1, -0.05) is 85.2 Å². The normalized spacial score (nSPS) is 13.3. The minimum atomic E-state index is -0.231. The fourth-order valence-corrected chi connectivity index (χ4v) is 5.61. The van der Waals surface area contributed by atoms with Gasteiger partial charge in [0.25, 0.3) is 0 Å². The summed E-state index contributed by atoms with van der Waals surface area (Å²) < 4.78 is 7.54. The third-order valence-electron chi connectivity index (χ3n) is 6.09. The lowest BCUT2D eigenvalue weighted by Crippen LogP contribution is -2.35. The number of nitrogens with one attached hydrogen (secondary N) is 1. The Hall–Kier alpha value is -2.85. The summed E-state index contributed by atoms with van der Waals surface area (Å²) in [5.41, 5.74) is 4.03. The van der Waals surface area contributed by atoms with E-state index in [0.717, 1.165) is 43.9 Å². The summed E-state index contributed by atoms with van der Waals surface area (Å²) >= 11 is 3.53. The number of fused-ring (bicyclic) bond motifs is 2. The molecule has 4 aromatic rings. The van der Waals surface area contributed by atoms with Crippen LogP contribution in [0.3, 0.4) is 0 Å². The number of benzene rings is 3. The summed E-state index contributed by atoms with van der Waals surface area (Å²) in [5.74, 6) is 1.31. The number of ketones is 1. The highest BCUT2D eigenvalue weighted by Crippen LogP contribution is 2.49. The van der Waals surface area contributed by atoms with Crippen molar-refractivity contribution >= 4 is 38.4 Å². The molecule has 0 radical (unpaired) electrons. The second kappa shape index (κ2) is 7.59. The smallest absolute Gasteiger partial charge is 0.202 e. The Bertz CT molecular complexity index is 1380. The Morgan fingerprint density at radius 1 is 0.848 bits per heavy atom. The summed E-state index contributed by atoms with van der Waals surface area (Å²) in [6.45, 7) is 11.1. The molecule has 1 heterocycles. The van der Waals surface area contributed by atoms with Crippen molar-refractivity contribution in [3.05, 3.63) is 76.3 Å². The van der Waals surface area contributed by atoms with Gasteiger partial charge in [-0.15, -0.1) is 0 Å². The van der Waals surface area contributed by atoms with Gasteiger partial charge in [0.1, 0.15) is 5.76 Å². The molecule has 0 fully saturated rings. The van der Waals surface area contributed by atoms with Crippen LogP contribution < -0.4 is 5.32 Å². The zero-order valence-corrected chi connectivity index (χ0v) is 21.3. The van der Waals surface area contributed by atoms with Crippen molar-refractivity contribution in [1.29, 1.82) is 0 Å². The molecule has 0 saturated carbocycles. The molecule has 1 N–H and O–H groups in total. The molecule has 0 amide bonds. The number of rotatable bonds is 4. The van der Waals surface area contributed by atoms with E-state index in [2.05, 4.69) is 61.9 Å². The van der Waals surface area contributed by atoms with Gasteiger partial charge in [0, 0.05) is 26.5 Å². The fourth-order valence-electron chi connectivity index (χ4n) is 5.35. The van der Waals surface area contributed by atoms with Crippen molar-refractivity contribution in [2.75, 3.05) is 5.32 Å². The van der Waals surface area contributed by atoms with Crippen LogP contribution in [0.2, 0.25) is 0 Å². The average Bonchev–Trinajstić information content (AvgIpc) is 3.09. The van der Waals surface area contributed by atoms with E-state index in [1.165, 1.54) is 0 Å². The van der Waals surface area contributed by atoms with E-state index < -0.39 is 0 Å². The molecule has 5 rings (SSSR count). The van der Waals surface area contributed by atoms with Crippen LogP contribution in [0.25, 0.3) is 33.2 Å². The summed E-state index contributed by atoms with van der Waals surface area (Å²) in [4.78, 5) is 13.9. The molecule has 0 saturated heterocycles. The maximum absolute atomic E-state index is 13.9. The van der Waals surface area contributed by atoms with E-state index in [1.807, 2.05) is 54.6 Å². The van der Waals surface area contributed by atoms with Gasteiger partial charge < -0.3 is 9.73 Å². The second-order valence-electron chi connectivity index (χ2n) is 10.8. The topological polar surface area (TPSA) is 42.2 Å². The number of carbonyl (C=O) groups is 1. The first kappa shape index (κ1) is 22.0. The molecule has 0 atom stereocenters. The Kier molecular flexibility index (Phi) is 5.06. The van der Waals surface area contributed by atoms with E-state index in [0.29, 0.717) is 17.2 Å². The van der Waals surface area contributed by atoms with Gasteiger partial charge in [0.2, 0.25) is 5.88 Å². The standard InChI is InChI=1S/C29H28BrNO2/c1-28(2,3)16-29(4,5)31-27-23(18-12-14-19(30)15-13-18)24-25(32)20-10-6-8-17-9-7-11-21(22(17)20)26(24)33-27/h6-15,31H,16H2,1-5H3. The van der Waals surface area contributed by atoms with Gasteiger partial charge in [0.05, 0.1) is 11.1 Å². The Balaban J connectivity index is 1.77. The molecule has 0 unspecified atom stereocenters. The highest BCUT2D eigenvalue weighted by atomic mass is 79.9. The molecule has 168 valence electrons. The first-order valence-electron chi connectivity index (χ1n) is 11.3. The maximum atomic E-state index is 13.9. The van der Waals surface area contributed by atoms with Gasteiger partial charge in [0.15, 0.2) is 5.78 Å². The number of carbonyl (C=O) groups excluding carboxylic acids is 1. The van der Waals surface area contributed by atoms with Crippen molar-refractivity contribution in [1.82, 2.24) is 0 Å². The van der Waals surface area contributed by atoms with E-state index in [9.17, 15) is 4.79 Å². The molecule has 4 heteroatoms. The predicted molar refractivity (Wildman–Crippen MR) is 140 cm³/mol. The van der Waals surface area contributed by atoms with Crippen LogP contribution in [-0.4, -0.2) is 11.3 Å². The van der Waals surface area contributed by atoms with Crippen LogP contribution in [-0.2, 0) is 0 Å². The van der Waals surface area contributed by atoms with Crippen molar-refractivity contribution in [2.24, 2.45) is 5.41 Å². The molecule has 1 aliphatic carbocycles.